The number of phenolic OH excluding ortho intramolecular Hbond substituents is 1. The summed E-state index contributed by atoms with van der Waals surface area (Å²) >= 11 is 12.5. The van der Waals surface area contributed by atoms with Crippen LogP contribution in [0.15, 0.2) is 47.3 Å². The highest BCUT2D eigenvalue weighted by Gasteiger charge is 2.20. The van der Waals surface area contributed by atoms with Gasteiger partial charge in [0.2, 0.25) is 6.41 Å². The van der Waals surface area contributed by atoms with Crippen molar-refractivity contribution < 1.29 is 9.90 Å². The van der Waals surface area contributed by atoms with Crippen LogP contribution in [0.3, 0.4) is 0 Å². The summed E-state index contributed by atoms with van der Waals surface area (Å²) in [5, 5.41) is 12.7. The Morgan fingerprint density at radius 3 is 2.50 bits per heavy atom. The minimum atomic E-state index is -0.554. The number of imidazole rings is 1. The maximum atomic E-state index is 12.7. The molecule has 0 atom stereocenters. The van der Waals surface area contributed by atoms with Crippen LogP contribution in [0.2, 0.25) is 10.0 Å². The number of nitrogens with zero attached hydrogens (tertiary/aromatic N) is 3. The van der Waals surface area contributed by atoms with Gasteiger partial charge in [0.1, 0.15) is 11.3 Å². The summed E-state index contributed by atoms with van der Waals surface area (Å²) in [6.45, 7) is 0. The molecular weight excluding hydrogens is 405 g/mol. The van der Waals surface area contributed by atoms with Crippen molar-refractivity contribution in [2.75, 3.05) is 5.32 Å². The number of para-hydroxylation sites is 1. The van der Waals surface area contributed by atoms with Crippen LogP contribution in [-0.2, 0) is 4.79 Å². The Balaban J connectivity index is 2.09. The smallest absolute Gasteiger partial charge is 0.332 e. The maximum Gasteiger partial charge on any atom is 0.332 e. The van der Waals surface area contributed by atoms with Gasteiger partial charge in [-0.05, 0) is 24.3 Å². The molecule has 2 aromatic carbocycles. The van der Waals surface area contributed by atoms with E-state index in [4.69, 9.17) is 23.2 Å². The first kappa shape index (κ1) is 18.0. The van der Waals surface area contributed by atoms with Crippen LogP contribution < -0.4 is 11.0 Å². The molecule has 0 saturated heterocycles. The van der Waals surface area contributed by atoms with Crippen molar-refractivity contribution in [3.63, 3.8) is 0 Å². The van der Waals surface area contributed by atoms with E-state index < -0.39 is 5.69 Å². The highest BCUT2D eigenvalue weighted by molar-refractivity contribution is 6.37. The predicted octanol–water partition coefficient (Wildman–Crippen LogP) is 3.36. The van der Waals surface area contributed by atoms with Crippen molar-refractivity contribution in [1.82, 2.24) is 19.5 Å². The fourth-order valence-electron chi connectivity index (χ4n) is 2.83. The van der Waals surface area contributed by atoms with E-state index in [1.807, 2.05) is 0 Å². The number of nitrogens with one attached hydrogen (secondary N) is 2. The van der Waals surface area contributed by atoms with Gasteiger partial charge in [-0.1, -0.05) is 41.4 Å². The van der Waals surface area contributed by atoms with Crippen molar-refractivity contribution in [1.29, 1.82) is 0 Å². The van der Waals surface area contributed by atoms with Gasteiger partial charge in [-0.3, -0.25) is 4.79 Å². The van der Waals surface area contributed by atoms with Gasteiger partial charge < -0.3 is 15.4 Å². The molecule has 3 N–H and O–H groups in total. The van der Waals surface area contributed by atoms with Crippen molar-refractivity contribution in [2.45, 2.75) is 0 Å². The highest BCUT2D eigenvalue weighted by Crippen LogP contribution is 2.31. The zero-order valence-electron chi connectivity index (χ0n) is 14.0. The van der Waals surface area contributed by atoms with Gasteiger partial charge in [-0.15, -0.1) is 0 Å². The van der Waals surface area contributed by atoms with Crippen molar-refractivity contribution in [3.8, 4) is 22.8 Å². The van der Waals surface area contributed by atoms with Crippen molar-refractivity contribution >= 4 is 46.6 Å². The fraction of sp³-hybridized carbons (Fsp3) is 0. The van der Waals surface area contributed by atoms with Gasteiger partial charge in [0.05, 0.1) is 15.7 Å². The number of anilines is 1. The lowest BCUT2D eigenvalue weighted by Crippen LogP contribution is -2.16. The Labute approximate surface area is 167 Å². The molecular formula is C18H11Cl2N5O3. The summed E-state index contributed by atoms with van der Waals surface area (Å²) in [7, 11) is 0. The van der Waals surface area contributed by atoms with Gasteiger partial charge in [-0.2, -0.15) is 0 Å². The average Bonchev–Trinajstić information content (AvgIpc) is 2.98. The van der Waals surface area contributed by atoms with E-state index in [0.717, 1.165) is 0 Å². The molecule has 0 spiro atoms. The van der Waals surface area contributed by atoms with Crippen LogP contribution in [0.4, 0.5) is 5.82 Å². The molecule has 2 heterocycles. The van der Waals surface area contributed by atoms with Crippen LogP contribution in [0, 0.1) is 0 Å². The number of H-pyrrole nitrogens is 1. The quantitative estimate of drug-likeness (QED) is 0.442. The topological polar surface area (TPSA) is 113 Å². The number of amides is 1. The highest BCUT2D eigenvalue weighted by atomic mass is 35.5. The SMILES string of the molecule is O=CNc1nc(-c2cccc(O)c2)nc2c1[nH]c(=O)n2-c1c(Cl)cccc1Cl. The first-order chi connectivity index (χ1) is 13.5. The molecule has 2 aromatic heterocycles. The molecule has 28 heavy (non-hydrogen) atoms. The Hall–Kier alpha value is -3.36. The van der Waals surface area contributed by atoms with E-state index >= 15 is 0 Å². The normalized spacial score (nSPS) is 10.9. The zero-order valence-corrected chi connectivity index (χ0v) is 15.5. The van der Waals surface area contributed by atoms with E-state index in [1.165, 1.54) is 16.7 Å². The summed E-state index contributed by atoms with van der Waals surface area (Å²) < 4.78 is 1.21. The predicted molar refractivity (Wildman–Crippen MR) is 106 cm³/mol. The van der Waals surface area contributed by atoms with E-state index in [2.05, 4.69) is 20.3 Å². The van der Waals surface area contributed by atoms with E-state index in [0.29, 0.717) is 12.0 Å². The molecule has 4 aromatic rings. The standard InChI is InChI=1S/C18H11Cl2N5O3/c19-11-5-2-6-12(20)14(11)25-17-13(22-18(25)28)16(21-8-26)23-15(24-17)9-3-1-4-10(27)7-9/h1-8,27H,(H,22,28)(H,21,23,24,26). The van der Waals surface area contributed by atoms with Crippen molar-refractivity contribution in [3.05, 3.63) is 63.0 Å². The number of hydrogen-bond acceptors (Lipinski definition) is 5. The number of hydrogen-bond donors (Lipinski definition) is 3. The molecule has 0 aliphatic heterocycles. The van der Waals surface area contributed by atoms with Crippen LogP contribution in [0.5, 0.6) is 5.75 Å². The molecule has 1 amide bonds. The van der Waals surface area contributed by atoms with E-state index in [1.54, 1.807) is 30.3 Å². The number of phenols is 1. The van der Waals surface area contributed by atoms with Gasteiger partial charge >= 0.3 is 5.69 Å². The fourth-order valence-corrected chi connectivity index (χ4v) is 3.40. The number of rotatable bonds is 4. The second-order valence-electron chi connectivity index (χ2n) is 5.74. The molecule has 0 unspecified atom stereocenters. The van der Waals surface area contributed by atoms with Gasteiger partial charge in [0.25, 0.3) is 0 Å². The molecule has 10 heteroatoms. The van der Waals surface area contributed by atoms with Crippen LogP contribution >= 0.6 is 23.2 Å². The van der Waals surface area contributed by atoms with Crippen LogP contribution in [0.1, 0.15) is 0 Å². The summed E-state index contributed by atoms with van der Waals surface area (Å²) in [4.78, 5) is 35.0. The number of aromatic nitrogens is 4. The Bertz CT molecular complexity index is 1260. The molecule has 140 valence electrons. The second kappa shape index (κ2) is 6.99. The third-order valence-electron chi connectivity index (χ3n) is 4.00. The van der Waals surface area contributed by atoms with Crippen molar-refractivity contribution in [2.24, 2.45) is 0 Å². The Kier molecular flexibility index (Phi) is 4.50. The monoisotopic (exact) mass is 415 g/mol. The van der Waals surface area contributed by atoms with E-state index in [-0.39, 0.29) is 44.3 Å². The number of halogens is 2. The lowest BCUT2D eigenvalue weighted by molar-refractivity contribution is -0.105. The van der Waals surface area contributed by atoms with Crippen LogP contribution in [-0.4, -0.2) is 31.0 Å². The Morgan fingerprint density at radius 1 is 1.11 bits per heavy atom. The van der Waals surface area contributed by atoms with E-state index in [9.17, 15) is 14.7 Å². The third-order valence-corrected chi connectivity index (χ3v) is 4.61. The molecule has 0 radical (unpaired) electrons. The summed E-state index contributed by atoms with van der Waals surface area (Å²) in [5.41, 5.74) is 0.553. The number of carbonyl (C=O) groups excluding carboxylic acids is 1. The lowest BCUT2D eigenvalue weighted by atomic mass is 10.2. The summed E-state index contributed by atoms with van der Waals surface area (Å²) in [5.74, 6) is 0.299. The van der Waals surface area contributed by atoms with Crippen LogP contribution in [0.25, 0.3) is 28.2 Å². The minimum Gasteiger partial charge on any atom is -0.508 e. The number of benzene rings is 2. The third kappa shape index (κ3) is 2.98. The number of aromatic hydroxyl groups is 1. The molecule has 0 bridgehead atoms. The molecule has 0 fully saturated rings. The number of carbonyl (C=O) groups is 1. The molecule has 0 aliphatic carbocycles. The number of fused-ring (bicyclic) bond motifs is 1. The molecule has 4 rings (SSSR count). The van der Waals surface area contributed by atoms with Gasteiger partial charge in [-0.25, -0.2) is 19.3 Å². The molecule has 8 nitrogen and oxygen atoms in total. The summed E-state index contributed by atoms with van der Waals surface area (Å²) in [6, 6.07) is 11.1. The second-order valence-corrected chi connectivity index (χ2v) is 6.56. The average molecular weight is 416 g/mol. The summed E-state index contributed by atoms with van der Waals surface area (Å²) in [6.07, 6.45) is 0.437. The Morgan fingerprint density at radius 2 is 1.82 bits per heavy atom. The first-order valence-electron chi connectivity index (χ1n) is 7.96. The van der Waals surface area contributed by atoms with Gasteiger partial charge in [0, 0.05) is 5.56 Å². The zero-order chi connectivity index (χ0) is 19.8. The largest absolute Gasteiger partial charge is 0.508 e. The first-order valence-corrected chi connectivity index (χ1v) is 8.72. The maximum absolute atomic E-state index is 12.7. The van der Waals surface area contributed by atoms with Gasteiger partial charge in [0.15, 0.2) is 17.3 Å². The minimum absolute atomic E-state index is 0.0201. The molecule has 0 saturated carbocycles. The lowest BCUT2D eigenvalue weighted by Gasteiger charge is -2.09. The number of aromatic amines is 1. The molecule has 0 aliphatic rings.